The average molecular weight is 292 g/mol. The van der Waals surface area contributed by atoms with Crippen molar-refractivity contribution < 1.29 is 22.7 Å². The Hall–Kier alpha value is -1.82. The molecule has 7 heteroatoms. The molecule has 0 fully saturated rings. The summed E-state index contributed by atoms with van der Waals surface area (Å²) >= 11 is 5.51. The molecule has 1 aromatic heterocycles. The lowest BCUT2D eigenvalue weighted by Crippen LogP contribution is -2.07. The fourth-order valence-corrected chi connectivity index (χ4v) is 1.77. The summed E-state index contributed by atoms with van der Waals surface area (Å²) in [7, 11) is 0. The number of aromatic nitrogens is 1. The second kappa shape index (κ2) is 4.70. The molecular formula is C12H6ClF4NO. The zero-order valence-electron chi connectivity index (χ0n) is 9.17. The smallest absolute Gasteiger partial charge is 0.417 e. The van der Waals surface area contributed by atoms with E-state index in [1.165, 1.54) is 0 Å². The lowest BCUT2D eigenvalue weighted by molar-refractivity contribution is -0.137. The molecule has 2 aromatic rings. The monoisotopic (exact) mass is 291 g/mol. The van der Waals surface area contributed by atoms with Gasteiger partial charge in [-0.15, -0.1) is 0 Å². The Bertz CT molecular complexity index is 628. The Morgan fingerprint density at radius 2 is 1.84 bits per heavy atom. The SMILES string of the molecule is Oc1cc(F)c(Cl)cc1-c1cnccc1C(F)(F)F. The minimum Gasteiger partial charge on any atom is -0.507 e. The maximum Gasteiger partial charge on any atom is 0.417 e. The van der Waals surface area contributed by atoms with Crippen molar-refractivity contribution >= 4 is 11.6 Å². The van der Waals surface area contributed by atoms with Crippen molar-refractivity contribution in [1.29, 1.82) is 0 Å². The van der Waals surface area contributed by atoms with Gasteiger partial charge < -0.3 is 5.11 Å². The minimum absolute atomic E-state index is 0.230. The van der Waals surface area contributed by atoms with Gasteiger partial charge in [-0.3, -0.25) is 4.98 Å². The van der Waals surface area contributed by atoms with Crippen LogP contribution in [0.2, 0.25) is 5.02 Å². The number of pyridine rings is 1. The zero-order chi connectivity index (χ0) is 14.2. The number of nitrogens with zero attached hydrogens (tertiary/aromatic N) is 1. The summed E-state index contributed by atoms with van der Waals surface area (Å²) < 4.78 is 51.6. The van der Waals surface area contributed by atoms with Crippen LogP contribution in [0.4, 0.5) is 17.6 Å². The Labute approximate surface area is 110 Å². The van der Waals surface area contributed by atoms with Gasteiger partial charge in [-0.2, -0.15) is 13.2 Å². The number of hydrogen-bond donors (Lipinski definition) is 1. The van der Waals surface area contributed by atoms with Crippen LogP contribution in [0.5, 0.6) is 5.75 Å². The van der Waals surface area contributed by atoms with Crippen molar-refractivity contribution in [3.63, 3.8) is 0 Å². The Morgan fingerprint density at radius 1 is 1.16 bits per heavy atom. The first kappa shape index (κ1) is 13.6. The summed E-state index contributed by atoms with van der Waals surface area (Å²) in [6, 6.07) is 2.36. The van der Waals surface area contributed by atoms with Gasteiger partial charge in [0.25, 0.3) is 0 Å². The zero-order valence-corrected chi connectivity index (χ0v) is 9.93. The van der Waals surface area contributed by atoms with E-state index in [0.717, 1.165) is 24.5 Å². The lowest BCUT2D eigenvalue weighted by atomic mass is 10.0. The highest BCUT2D eigenvalue weighted by Crippen LogP contribution is 2.40. The van der Waals surface area contributed by atoms with E-state index in [2.05, 4.69) is 4.98 Å². The molecule has 1 N–H and O–H groups in total. The molecule has 0 radical (unpaired) electrons. The molecule has 0 saturated heterocycles. The number of benzene rings is 1. The maximum absolute atomic E-state index is 13.1. The maximum atomic E-state index is 13.1. The van der Waals surface area contributed by atoms with Crippen molar-refractivity contribution in [2.75, 3.05) is 0 Å². The van der Waals surface area contributed by atoms with E-state index < -0.39 is 23.3 Å². The second-order valence-electron chi connectivity index (χ2n) is 3.70. The van der Waals surface area contributed by atoms with Crippen LogP contribution < -0.4 is 0 Å². The van der Waals surface area contributed by atoms with Crippen molar-refractivity contribution in [3.8, 4) is 16.9 Å². The first-order chi connectivity index (χ1) is 8.80. The lowest BCUT2D eigenvalue weighted by Gasteiger charge is -2.13. The predicted molar refractivity (Wildman–Crippen MR) is 61.3 cm³/mol. The highest BCUT2D eigenvalue weighted by molar-refractivity contribution is 6.31. The molecule has 0 spiro atoms. The van der Waals surface area contributed by atoms with Crippen LogP contribution in [-0.4, -0.2) is 10.1 Å². The number of aromatic hydroxyl groups is 1. The topological polar surface area (TPSA) is 33.1 Å². The Morgan fingerprint density at radius 3 is 2.47 bits per heavy atom. The minimum atomic E-state index is -4.62. The molecule has 0 unspecified atom stereocenters. The van der Waals surface area contributed by atoms with Gasteiger partial charge in [0.2, 0.25) is 0 Å². The second-order valence-corrected chi connectivity index (χ2v) is 4.11. The molecule has 0 aliphatic carbocycles. The molecule has 100 valence electrons. The van der Waals surface area contributed by atoms with Crippen molar-refractivity contribution in [2.24, 2.45) is 0 Å². The summed E-state index contributed by atoms with van der Waals surface area (Å²) in [4.78, 5) is 3.58. The van der Waals surface area contributed by atoms with Crippen LogP contribution in [0.25, 0.3) is 11.1 Å². The Balaban J connectivity index is 2.70. The van der Waals surface area contributed by atoms with Gasteiger partial charge in [0.15, 0.2) is 0 Å². The molecule has 0 atom stereocenters. The number of hydrogen-bond acceptors (Lipinski definition) is 2. The highest BCUT2D eigenvalue weighted by atomic mass is 35.5. The van der Waals surface area contributed by atoms with E-state index in [4.69, 9.17) is 11.6 Å². The number of rotatable bonds is 1. The number of phenols is 1. The van der Waals surface area contributed by atoms with Crippen molar-refractivity contribution in [2.45, 2.75) is 6.18 Å². The van der Waals surface area contributed by atoms with E-state index in [1.807, 2.05) is 0 Å². The van der Waals surface area contributed by atoms with Crippen LogP contribution in [0.3, 0.4) is 0 Å². The standard InChI is InChI=1S/C12H6ClF4NO/c13-9-3-6(11(19)4-10(9)14)7-5-18-2-1-8(7)12(15,16)17/h1-5,19H. The van der Waals surface area contributed by atoms with Crippen molar-refractivity contribution in [1.82, 2.24) is 4.98 Å². The normalized spacial score (nSPS) is 11.6. The molecule has 1 heterocycles. The summed E-state index contributed by atoms with van der Waals surface area (Å²) in [6.45, 7) is 0. The molecule has 0 amide bonds. The molecule has 1 aromatic carbocycles. The van der Waals surface area contributed by atoms with Crippen LogP contribution in [0.1, 0.15) is 5.56 Å². The van der Waals surface area contributed by atoms with Crippen LogP contribution >= 0.6 is 11.6 Å². The number of alkyl halides is 3. The molecule has 0 saturated carbocycles. The predicted octanol–water partition coefficient (Wildman–Crippen LogP) is 4.27. The van der Waals surface area contributed by atoms with Gasteiger partial charge in [-0.25, -0.2) is 4.39 Å². The summed E-state index contributed by atoms with van der Waals surface area (Å²) in [5.41, 5.74) is -1.58. The van der Waals surface area contributed by atoms with E-state index in [9.17, 15) is 22.7 Å². The first-order valence-corrected chi connectivity index (χ1v) is 5.38. The van der Waals surface area contributed by atoms with Crippen LogP contribution in [0, 0.1) is 5.82 Å². The largest absolute Gasteiger partial charge is 0.507 e. The van der Waals surface area contributed by atoms with E-state index >= 15 is 0 Å². The highest BCUT2D eigenvalue weighted by Gasteiger charge is 2.34. The molecule has 2 rings (SSSR count). The molecule has 0 bridgehead atoms. The molecule has 0 aliphatic heterocycles. The third-order valence-electron chi connectivity index (χ3n) is 2.46. The van der Waals surface area contributed by atoms with Gasteiger partial charge in [0.1, 0.15) is 11.6 Å². The van der Waals surface area contributed by atoms with E-state index in [0.29, 0.717) is 6.07 Å². The van der Waals surface area contributed by atoms with E-state index in [1.54, 1.807) is 0 Å². The van der Waals surface area contributed by atoms with Gasteiger partial charge in [0.05, 0.1) is 10.6 Å². The molecule has 2 nitrogen and oxygen atoms in total. The number of phenolic OH excluding ortho intramolecular Hbond substituents is 1. The molecular weight excluding hydrogens is 286 g/mol. The third kappa shape index (κ3) is 2.63. The van der Waals surface area contributed by atoms with Gasteiger partial charge in [-0.05, 0) is 12.1 Å². The van der Waals surface area contributed by atoms with Gasteiger partial charge in [-0.1, -0.05) is 11.6 Å². The summed E-state index contributed by atoms with van der Waals surface area (Å²) in [5.74, 6) is -1.55. The number of halogens is 5. The quantitative estimate of drug-likeness (QED) is 0.796. The first-order valence-electron chi connectivity index (χ1n) is 5.00. The third-order valence-corrected chi connectivity index (χ3v) is 2.74. The van der Waals surface area contributed by atoms with E-state index in [-0.39, 0.29) is 16.1 Å². The summed E-state index contributed by atoms with van der Waals surface area (Å²) in [6.07, 6.45) is -2.70. The van der Waals surface area contributed by atoms with Gasteiger partial charge >= 0.3 is 6.18 Å². The van der Waals surface area contributed by atoms with Gasteiger partial charge in [0, 0.05) is 29.6 Å². The summed E-state index contributed by atoms with van der Waals surface area (Å²) in [5, 5.41) is 9.18. The van der Waals surface area contributed by atoms with Crippen molar-refractivity contribution in [3.05, 3.63) is 47.0 Å². The van der Waals surface area contributed by atoms with Crippen LogP contribution in [-0.2, 0) is 6.18 Å². The fraction of sp³-hybridized carbons (Fsp3) is 0.0833. The fourth-order valence-electron chi connectivity index (χ4n) is 1.61. The molecule has 0 aliphatic rings. The van der Waals surface area contributed by atoms with Crippen LogP contribution in [0.15, 0.2) is 30.6 Å². The average Bonchev–Trinajstić information content (AvgIpc) is 2.33. The molecule has 19 heavy (non-hydrogen) atoms. The Kier molecular flexibility index (Phi) is 3.36.